The lowest BCUT2D eigenvalue weighted by Gasteiger charge is -2.05. The minimum Gasteiger partial charge on any atom is -0.478 e. The lowest BCUT2D eigenvalue weighted by Crippen LogP contribution is -2.14. The van der Waals surface area contributed by atoms with Gasteiger partial charge in [-0.2, -0.15) is 11.3 Å². The van der Waals surface area contributed by atoms with E-state index in [2.05, 4.69) is 5.32 Å². The second-order valence-corrected chi connectivity index (χ2v) is 6.64. The Morgan fingerprint density at radius 2 is 2.10 bits per heavy atom. The Hall–Kier alpha value is -1.66. The zero-order valence-corrected chi connectivity index (χ0v) is 12.5. The molecule has 0 aliphatic heterocycles. The predicted octanol–water partition coefficient (Wildman–Crippen LogP) is 3.56. The molecule has 104 valence electrons. The standard InChI is InChI=1S/C14H13NO3S2/c1-7-5-19-6-9(7)12(16)15-13-11(14(17)18)8-3-2-4-10(8)20-13/h5-6H,2-4H2,1H3,(H,15,16)(H,17,18). The van der Waals surface area contributed by atoms with Crippen LogP contribution in [0.5, 0.6) is 0 Å². The molecule has 0 spiro atoms. The molecule has 1 aliphatic rings. The van der Waals surface area contributed by atoms with Crippen LogP contribution in [0.25, 0.3) is 0 Å². The Morgan fingerprint density at radius 3 is 2.75 bits per heavy atom. The van der Waals surface area contributed by atoms with Crippen molar-refractivity contribution in [3.8, 4) is 0 Å². The van der Waals surface area contributed by atoms with Crippen LogP contribution in [0, 0.1) is 6.92 Å². The van der Waals surface area contributed by atoms with Gasteiger partial charge in [0.25, 0.3) is 5.91 Å². The van der Waals surface area contributed by atoms with E-state index in [9.17, 15) is 14.7 Å². The van der Waals surface area contributed by atoms with Gasteiger partial charge in [-0.05, 0) is 42.7 Å². The third-order valence-electron chi connectivity index (χ3n) is 3.46. The summed E-state index contributed by atoms with van der Waals surface area (Å²) in [7, 11) is 0. The predicted molar refractivity (Wildman–Crippen MR) is 80.3 cm³/mol. The topological polar surface area (TPSA) is 66.4 Å². The number of nitrogens with one attached hydrogen (secondary N) is 1. The van der Waals surface area contributed by atoms with Crippen LogP contribution in [0.15, 0.2) is 10.8 Å². The maximum absolute atomic E-state index is 12.2. The lowest BCUT2D eigenvalue weighted by molar-refractivity contribution is 0.0697. The number of rotatable bonds is 3. The summed E-state index contributed by atoms with van der Waals surface area (Å²) < 4.78 is 0. The number of amides is 1. The number of carbonyl (C=O) groups excluding carboxylic acids is 1. The molecule has 1 aliphatic carbocycles. The fourth-order valence-electron chi connectivity index (χ4n) is 2.48. The Kier molecular flexibility index (Phi) is 3.35. The molecule has 0 radical (unpaired) electrons. The van der Waals surface area contributed by atoms with E-state index in [4.69, 9.17) is 0 Å². The summed E-state index contributed by atoms with van der Waals surface area (Å²) in [4.78, 5) is 24.7. The van der Waals surface area contributed by atoms with Crippen LogP contribution in [-0.4, -0.2) is 17.0 Å². The summed E-state index contributed by atoms with van der Waals surface area (Å²) in [5, 5.41) is 16.3. The summed E-state index contributed by atoms with van der Waals surface area (Å²) in [6.45, 7) is 1.87. The van der Waals surface area contributed by atoms with Gasteiger partial charge in [0.2, 0.25) is 0 Å². The molecule has 2 N–H and O–H groups in total. The normalized spacial score (nSPS) is 13.2. The molecule has 0 saturated heterocycles. The van der Waals surface area contributed by atoms with Crippen molar-refractivity contribution < 1.29 is 14.7 Å². The zero-order valence-electron chi connectivity index (χ0n) is 10.9. The summed E-state index contributed by atoms with van der Waals surface area (Å²) in [6, 6.07) is 0. The minimum atomic E-state index is -0.957. The first-order valence-electron chi connectivity index (χ1n) is 6.30. The van der Waals surface area contributed by atoms with Gasteiger partial charge in [0.1, 0.15) is 5.00 Å². The van der Waals surface area contributed by atoms with Crippen LogP contribution in [0.1, 0.15) is 43.1 Å². The number of hydrogen-bond acceptors (Lipinski definition) is 4. The van der Waals surface area contributed by atoms with Crippen molar-refractivity contribution in [1.82, 2.24) is 0 Å². The summed E-state index contributed by atoms with van der Waals surface area (Å²) in [5.41, 5.74) is 2.71. The average molecular weight is 307 g/mol. The molecule has 3 rings (SSSR count). The number of aromatic carboxylic acids is 1. The van der Waals surface area contributed by atoms with Crippen LogP contribution in [-0.2, 0) is 12.8 Å². The molecular formula is C14H13NO3S2. The van der Waals surface area contributed by atoms with Gasteiger partial charge < -0.3 is 10.4 Å². The molecule has 4 nitrogen and oxygen atoms in total. The molecule has 6 heteroatoms. The van der Waals surface area contributed by atoms with Gasteiger partial charge in [-0.15, -0.1) is 11.3 Å². The van der Waals surface area contributed by atoms with Crippen LogP contribution >= 0.6 is 22.7 Å². The molecule has 0 atom stereocenters. The van der Waals surface area contributed by atoms with Crippen LogP contribution < -0.4 is 5.32 Å². The Morgan fingerprint density at radius 1 is 1.30 bits per heavy atom. The first kappa shape index (κ1) is 13.3. The van der Waals surface area contributed by atoms with Crippen LogP contribution in [0.3, 0.4) is 0 Å². The minimum absolute atomic E-state index is 0.230. The van der Waals surface area contributed by atoms with Gasteiger partial charge in [-0.25, -0.2) is 4.79 Å². The molecule has 0 saturated carbocycles. The molecule has 0 bridgehead atoms. The van der Waals surface area contributed by atoms with Crippen molar-refractivity contribution in [3.05, 3.63) is 37.9 Å². The number of fused-ring (bicyclic) bond motifs is 1. The van der Waals surface area contributed by atoms with Gasteiger partial charge in [0, 0.05) is 10.3 Å². The number of carboxylic acid groups (broad SMARTS) is 1. The number of anilines is 1. The Bertz CT molecular complexity index is 699. The third-order valence-corrected chi connectivity index (χ3v) is 5.53. The lowest BCUT2D eigenvalue weighted by atomic mass is 10.1. The van der Waals surface area contributed by atoms with Crippen LogP contribution in [0.4, 0.5) is 5.00 Å². The highest BCUT2D eigenvalue weighted by Crippen LogP contribution is 2.39. The van der Waals surface area contributed by atoms with E-state index in [1.165, 1.54) is 22.7 Å². The fourth-order valence-corrected chi connectivity index (χ4v) is 4.59. The number of thiophene rings is 2. The number of carboxylic acids is 1. The van der Waals surface area contributed by atoms with E-state index >= 15 is 0 Å². The second kappa shape index (κ2) is 5.03. The molecule has 1 amide bonds. The van der Waals surface area contributed by atoms with Crippen molar-refractivity contribution >= 4 is 39.6 Å². The molecule has 0 aromatic carbocycles. The molecule has 2 aromatic rings. The number of carbonyl (C=O) groups is 2. The van der Waals surface area contributed by atoms with Crippen molar-refractivity contribution in [2.75, 3.05) is 5.32 Å². The monoisotopic (exact) mass is 307 g/mol. The van der Waals surface area contributed by atoms with Gasteiger partial charge in [0.15, 0.2) is 0 Å². The average Bonchev–Trinajstić information content (AvgIpc) is 3.03. The van der Waals surface area contributed by atoms with E-state index in [0.717, 1.165) is 35.3 Å². The SMILES string of the molecule is Cc1cscc1C(=O)Nc1sc2c(c1C(=O)O)CCC2. The van der Waals surface area contributed by atoms with Crippen molar-refractivity contribution in [2.24, 2.45) is 0 Å². The summed E-state index contributed by atoms with van der Waals surface area (Å²) >= 11 is 2.86. The smallest absolute Gasteiger partial charge is 0.339 e. The highest BCUT2D eigenvalue weighted by Gasteiger charge is 2.27. The quantitative estimate of drug-likeness (QED) is 0.911. The van der Waals surface area contributed by atoms with Gasteiger partial charge in [-0.1, -0.05) is 0 Å². The maximum atomic E-state index is 12.2. The first-order valence-corrected chi connectivity index (χ1v) is 8.06. The maximum Gasteiger partial charge on any atom is 0.339 e. The Labute approximate surface area is 124 Å². The summed E-state index contributed by atoms with van der Waals surface area (Å²) in [6.07, 6.45) is 2.70. The first-order chi connectivity index (χ1) is 9.58. The Balaban J connectivity index is 1.94. The van der Waals surface area contributed by atoms with Crippen LogP contribution in [0.2, 0.25) is 0 Å². The van der Waals surface area contributed by atoms with E-state index in [-0.39, 0.29) is 11.5 Å². The second-order valence-electron chi connectivity index (χ2n) is 4.79. The van der Waals surface area contributed by atoms with Gasteiger partial charge in [0.05, 0.1) is 11.1 Å². The molecule has 0 fully saturated rings. The zero-order chi connectivity index (χ0) is 14.3. The van der Waals surface area contributed by atoms with E-state index in [0.29, 0.717) is 10.6 Å². The molecular weight excluding hydrogens is 294 g/mol. The highest BCUT2D eigenvalue weighted by atomic mass is 32.1. The van der Waals surface area contributed by atoms with Gasteiger partial charge >= 0.3 is 5.97 Å². The van der Waals surface area contributed by atoms with Crippen molar-refractivity contribution in [1.29, 1.82) is 0 Å². The van der Waals surface area contributed by atoms with E-state index in [1.807, 2.05) is 12.3 Å². The van der Waals surface area contributed by atoms with Crippen molar-refractivity contribution in [3.63, 3.8) is 0 Å². The van der Waals surface area contributed by atoms with E-state index < -0.39 is 5.97 Å². The van der Waals surface area contributed by atoms with Gasteiger partial charge in [-0.3, -0.25) is 4.79 Å². The molecule has 2 heterocycles. The third kappa shape index (κ3) is 2.14. The summed E-state index contributed by atoms with van der Waals surface area (Å²) in [5.74, 6) is -1.19. The molecule has 0 unspecified atom stereocenters. The largest absolute Gasteiger partial charge is 0.478 e. The van der Waals surface area contributed by atoms with Crippen molar-refractivity contribution in [2.45, 2.75) is 26.2 Å². The number of hydrogen-bond donors (Lipinski definition) is 2. The molecule has 20 heavy (non-hydrogen) atoms. The highest BCUT2D eigenvalue weighted by molar-refractivity contribution is 7.17. The number of aryl methyl sites for hydroxylation is 2. The van der Waals surface area contributed by atoms with E-state index in [1.54, 1.807) is 5.38 Å². The molecule has 2 aromatic heterocycles. The fraction of sp³-hybridized carbons (Fsp3) is 0.286.